The molecular formula is C13H14F2O2. The summed E-state index contributed by atoms with van der Waals surface area (Å²) in [6.07, 6.45) is 0.532. The lowest BCUT2D eigenvalue weighted by atomic mass is 9.64. The zero-order valence-electron chi connectivity index (χ0n) is 9.80. The Labute approximate surface area is 98.6 Å². The lowest BCUT2D eigenvalue weighted by Crippen LogP contribution is -2.54. The number of halogens is 2. The number of Topliss-reactive ketones (excluding diaryl/α,β-unsaturated/α-hetero) is 1. The first-order valence-electron chi connectivity index (χ1n) is 5.63. The summed E-state index contributed by atoms with van der Waals surface area (Å²) in [5.41, 5.74) is -0.571. The standard InChI is InChI=1S/C13H14F2O2/c1-3-13(2)10(16)7-11(13)17-9-6-4-5-8(14)12(9)15/h4-6,11H,3,7H2,1-2H3. The van der Waals surface area contributed by atoms with Crippen molar-refractivity contribution in [3.8, 4) is 5.75 Å². The summed E-state index contributed by atoms with van der Waals surface area (Å²) in [4.78, 5) is 11.5. The first kappa shape index (κ1) is 12.0. The van der Waals surface area contributed by atoms with Gasteiger partial charge in [0.25, 0.3) is 0 Å². The van der Waals surface area contributed by atoms with Crippen LogP contribution in [0.2, 0.25) is 0 Å². The van der Waals surface area contributed by atoms with Gasteiger partial charge in [-0.1, -0.05) is 13.0 Å². The smallest absolute Gasteiger partial charge is 0.200 e. The third-order valence-corrected chi connectivity index (χ3v) is 3.64. The molecule has 92 valence electrons. The molecule has 1 aliphatic carbocycles. The molecule has 0 bridgehead atoms. The fraction of sp³-hybridized carbons (Fsp3) is 0.462. The minimum Gasteiger partial charge on any atom is -0.486 e. The van der Waals surface area contributed by atoms with Crippen molar-refractivity contribution in [2.45, 2.75) is 32.8 Å². The normalized spacial score (nSPS) is 27.8. The molecule has 0 heterocycles. The fourth-order valence-corrected chi connectivity index (χ4v) is 2.00. The highest BCUT2D eigenvalue weighted by Crippen LogP contribution is 2.42. The van der Waals surface area contributed by atoms with E-state index < -0.39 is 17.0 Å². The van der Waals surface area contributed by atoms with Gasteiger partial charge >= 0.3 is 0 Å². The first-order chi connectivity index (χ1) is 7.99. The van der Waals surface area contributed by atoms with Gasteiger partial charge < -0.3 is 4.74 Å². The van der Waals surface area contributed by atoms with E-state index in [4.69, 9.17) is 4.74 Å². The molecule has 2 nitrogen and oxygen atoms in total. The van der Waals surface area contributed by atoms with Crippen molar-refractivity contribution in [1.82, 2.24) is 0 Å². The lowest BCUT2D eigenvalue weighted by Gasteiger charge is -2.44. The summed E-state index contributed by atoms with van der Waals surface area (Å²) >= 11 is 0. The van der Waals surface area contributed by atoms with Crippen LogP contribution in [-0.4, -0.2) is 11.9 Å². The van der Waals surface area contributed by atoms with Gasteiger partial charge in [0.05, 0.1) is 5.41 Å². The van der Waals surface area contributed by atoms with E-state index in [0.29, 0.717) is 6.42 Å². The van der Waals surface area contributed by atoms with E-state index in [2.05, 4.69) is 0 Å². The van der Waals surface area contributed by atoms with Crippen LogP contribution in [-0.2, 0) is 4.79 Å². The summed E-state index contributed by atoms with van der Waals surface area (Å²) < 4.78 is 31.8. The topological polar surface area (TPSA) is 26.3 Å². The van der Waals surface area contributed by atoms with E-state index in [1.165, 1.54) is 12.1 Å². The van der Waals surface area contributed by atoms with Crippen molar-refractivity contribution in [3.05, 3.63) is 29.8 Å². The van der Waals surface area contributed by atoms with Crippen molar-refractivity contribution >= 4 is 5.78 Å². The van der Waals surface area contributed by atoms with Crippen LogP contribution >= 0.6 is 0 Å². The summed E-state index contributed by atoms with van der Waals surface area (Å²) in [5.74, 6) is -1.94. The Morgan fingerprint density at radius 2 is 2.18 bits per heavy atom. The van der Waals surface area contributed by atoms with Crippen molar-refractivity contribution < 1.29 is 18.3 Å². The van der Waals surface area contributed by atoms with Crippen LogP contribution in [0.3, 0.4) is 0 Å². The molecule has 0 N–H and O–H groups in total. The quantitative estimate of drug-likeness (QED) is 0.811. The molecule has 1 aliphatic rings. The molecule has 0 saturated heterocycles. The average molecular weight is 240 g/mol. The van der Waals surface area contributed by atoms with Crippen molar-refractivity contribution in [2.24, 2.45) is 5.41 Å². The summed E-state index contributed by atoms with van der Waals surface area (Å²) in [5, 5.41) is 0. The molecule has 1 aromatic rings. The largest absolute Gasteiger partial charge is 0.486 e. The van der Waals surface area contributed by atoms with E-state index in [1.807, 2.05) is 6.92 Å². The highest BCUT2D eigenvalue weighted by Gasteiger charge is 2.51. The summed E-state index contributed by atoms with van der Waals surface area (Å²) in [6.45, 7) is 3.68. The molecule has 2 unspecified atom stereocenters. The molecule has 1 saturated carbocycles. The SMILES string of the molecule is CCC1(C)C(=O)CC1Oc1cccc(F)c1F. The minimum absolute atomic E-state index is 0.113. The second kappa shape index (κ2) is 4.09. The van der Waals surface area contributed by atoms with E-state index in [9.17, 15) is 13.6 Å². The number of hydrogen-bond donors (Lipinski definition) is 0. The van der Waals surface area contributed by atoms with Gasteiger partial charge in [-0.05, 0) is 25.5 Å². The van der Waals surface area contributed by atoms with Crippen LogP contribution in [0.25, 0.3) is 0 Å². The zero-order chi connectivity index (χ0) is 12.6. The number of rotatable bonds is 3. The fourth-order valence-electron chi connectivity index (χ4n) is 2.00. The van der Waals surface area contributed by atoms with Gasteiger partial charge in [0.2, 0.25) is 5.82 Å². The second-order valence-electron chi connectivity index (χ2n) is 4.56. The van der Waals surface area contributed by atoms with Crippen molar-refractivity contribution in [1.29, 1.82) is 0 Å². The first-order valence-corrected chi connectivity index (χ1v) is 5.63. The Bertz CT molecular complexity index is 459. The van der Waals surface area contributed by atoms with Gasteiger partial charge in [-0.2, -0.15) is 4.39 Å². The lowest BCUT2D eigenvalue weighted by molar-refractivity contribution is -0.150. The molecule has 0 amide bonds. The molecule has 2 atom stereocenters. The van der Waals surface area contributed by atoms with E-state index in [1.54, 1.807) is 6.92 Å². The summed E-state index contributed by atoms with van der Waals surface area (Å²) in [7, 11) is 0. The molecule has 1 aromatic carbocycles. The van der Waals surface area contributed by atoms with Gasteiger partial charge in [-0.15, -0.1) is 0 Å². The van der Waals surface area contributed by atoms with Gasteiger partial charge in [0.1, 0.15) is 11.9 Å². The van der Waals surface area contributed by atoms with Gasteiger partial charge in [-0.25, -0.2) is 4.39 Å². The Balaban J connectivity index is 2.18. The Morgan fingerprint density at radius 3 is 2.76 bits per heavy atom. The molecule has 0 radical (unpaired) electrons. The van der Waals surface area contributed by atoms with Crippen LogP contribution in [0.5, 0.6) is 5.75 Å². The Morgan fingerprint density at radius 1 is 1.47 bits per heavy atom. The molecule has 0 aromatic heterocycles. The second-order valence-corrected chi connectivity index (χ2v) is 4.56. The summed E-state index contributed by atoms with van der Waals surface area (Å²) in [6, 6.07) is 3.79. The maximum Gasteiger partial charge on any atom is 0.200 e. The van der Waals surface area contributed by atoms with Gasteiger partial charge in [0.15, 0.2) is 11.6 Å². The van der Waals surface area contributed by atoms with Crippen LogP contribution in [0.1, 0.15) is 26.7 Å². The molecule has 17 heavy (non-hydrogen) atoms. The minimum atomic E-state index is -0.995. The van der Waals surface area contributed by atoms with Crippen LogP contribution in [0.4, 0.5) is 8.78 Å². The maximum atomic E-state index is 13.4. The number of carbonyl (C=O) groups is 1. The third-order valence-electron chi connectivity index (χ3n) is 3.64. The highest BCUT2D eigenvalue weighted by atomic mass is 19.2. The molecule has 0 spiro atoms. The van der Waals surface area contributed by atoms with Crippen LogP contribution in [0.15, 0.2) is 18.2 Å². The van der Waals surface area contributed by atoms with Crippen molar-refractivity contribution in [2.75, 3.05) is 0 Å². The number of benzene rings is 1. The van der Waals surface area contributed by atoms with E-state index in [-0.39, 0.29) is 24.1 Å². The van der Waals surface area contributed by atoms with E-state index in [0.717, 1.165) is 6.07 Å². The van der Waals surface area contributed by atoms with E-state index >= 15 is 0 Å². The molecule has 0 aliphatic heterocycles. The number of hydrogen-bond acceptors (Lipinski definition) is 2. The Hall–Kier alpha value is -1.45. The van der Waals surface area contributed by atoms with Crippen LogP contribution < -0.4 is 4.74 Å². The van der Waals surface area contributed by atoms with Crippen molar-refractivity contribution in [3.63, 3.8) is 0 Å². The number of ketones is 1. The predicted molar refractivity (Wildman–Crippen MR) is 58.8 cm³/mol. The van der Waals surface area contributed by atoms with Gasteiger partial charge in [0, 0.05) is 6.42 Å². The Kier molecular flexibility index (Phi) is 2.89. The molecule has 4 heteroatoms. The monoisotopic (exact) mass is 240 g/mol. The third kappa shape index (κ3) is 1.81. The molecule has 2 rings (SSSR count). The maximum absolute atomic E-state index is 13.4. The molecule has 1 fully saturated rings. The predicted octanol–water partition coefficient (Wildman–Crippen LogP) is 3.10. The molecular weight excluding hydrogens is 226 g/mol. The highest BCUT2D eigenvalue weighted by molar-refractivity contribution is 5.92. The number of ether oxygens (including phenoxy) is 1. The van der Waals surface area contributed by atoms with Crippen LogP contribution in [0, 0.1) is 17.0 Å². The number of carbonyl (C=O) groups excluding carboxylic acids is 1. The zero-order valence-corrected chi connectivity index (χ0v) is 9.80. The average Bonchev–Trinajstić information content (AvgIpc) is 2.33. The van der Waals surface area contributed by atoms with Gasteiger partial charge in [-0.3, -0.25) is 4.79 Å².